The van der Waals surface area contributed by atoms with Crippen LogP contribution in [0.5, 0.6) is 0 Å². The van der Waals surface area contributed by atoms with Crippen LogP contribution in [-0.4, -0.2) is 42.1 Å². The molecule has 0 aliphatic carbocycles. The van der Waals surface area contributed by atoms with Gasteiger partial charge in [0, 0.05) is 37.7 Å². The summed E-state index contributed by atoms with van der Waals surface area (Å²) < 4.78 is 5.59. The zero-order valence-electron chi connectivity index (χ0n) is 13.6. The number of nitrogens with one attached hydrogen (secondary N) is 2. The van der Waals surface area contributed by atoms with Crippen molar-refractivity contribution in [2.24, 2.45) is 0 Å². The van der Waals surface area contributed by atoms with Gasteiger partial charge in [-0.25, -0.2) is 4.79 Å². The van der Waals surface area contributed by atoms with Crippen molar-refractivity contribution in [3.63, 3.8) is 0 Å². The van der Waals surface area contributed by atoms with E-state index in [9.17, 15) is 4.79 Å². The third kappa shape index (κ3) is 4.79. The second kappa shape index (κ2) is 8.80. The lowest BCUT2D eigenvalue weighted by molar-refractivity contribution is 0.185. The monoisotopic (exact) mass is 345 g/mol. The van der Waals surface area contributed by atoms with Crippen molar-refractivity contribution in [3.05, 3.63) is 60.1 Å². The van der Waals surface area contributed by atoms with Gasteiger partial charge in [-0.3, -0.25) is 4.90 Å². The fourth-order valence-corrected chi connectivity index (χ4v) is 3.74. The Morgan fingerprint density at radius 1 is 1.12 bits per heavy atom. The summed E-state index contributed by atoms with van der Waals surface area (Å²) in [5, 5.41) is 5.88. The van der Waals surface area contributed by atoms with Crippen LogP contribution in [0.2, 0.25) is 0 Å². The van der Waals surface area contributed by atoms with E-state index in [1.54, 1.807) is 6.26 Å². The summed E-state index contributed by atoms with van der Waals surface area (Å²) >= 11 is 1.97. The molecule has 5 nitrogen and oxygen atoms in total. The van der Waals surface area contributed by atoms with Crippen LogP contribution >= 0.6 is 11.8 Å². The maximum Gasteiger partial charge on any atom is 0.315 e. The van der Waals surface area contributed by atoms with Gasteiger partial charge in [-0.2, -0.15) is 11.8 Å². The van der Waals surface area contributed by atoms with Gasteiger partial charge >= 0.3 is 6.03 Å². The zero-order chi connectivity index (χ0) is 16.6. The number of rotatable bonds is 6. The molecule has 1 unspecified atom stereocenters. The van der Waals surface area contributed by atoms with Crippen LogP contribution in [0.3, 0.4) is 0 Å². The predicted octanol–water partition coefficient (Wildman–Crippen LogP) is 2.87. The van der Waals surface area contributed by atoms with Crippen molar-refractivity contribution in [2.75, 3.05) is 31.1 Å². The van der Waals surface area contributed by atoms with Crippen LogP contribution < -0.4 is 10.6 Å². The predicted molar refractivity (Wildman–Crippen MR) is 97.0 cm³/mol. The number of nitrogens with zero attached hydrogens (tertiary/aromatic N) is 1. The minimum atomic E-state index is -0.151. The Kier molecular flexibility index (Phi) is 6.20. The number of carbonyl (C=O) groups is 1. The van der Waals surface area contributed by atoms with Gasteiger partial charge in [0.1, 0.15) is 5.76 Å². The zero-order valence-corrected chi connectivity index (χ0v) is 14.4. The number of amides is 2. The average molecular weight is 345 g/mol. The molecule has 0 saturated carbocycles. The van der Waals surface area contributed by atoms with Crippen LogP contribution in [-0.2, 0) is 6.54 Å². The van der Waals surface area contributed by atoms with Crippen LogP contribution in [0.15, 0.2) is 53.1 Å². The summed E-state index contributed by atoms with van der Waals surface area (Å²) in [6, 6.07) is 13.7. The fourth-order valence-electron chi connectivity index (χ4n) is 2.81. The summed E-state index contributed by atoms with van der Waals surface area (Å²) in [5.74, 6) is 3.15. The molecule has 1 aromatic carbocycles. The van der Waals surface area contributed by atoms with Gasteiger partial charge in [0.15, 0.2) is 0 Å². The highest BCUT2D eigenvalue weighted by Crippen LogP contribution is 2.24. The summed E-state index contributed by atoms with van der Waals surface area (Å²) in [6.45, 7) is 3.10. The molecule has 2 aromatic rings. The Bertz CT molecular complexity index is 612. The van der Waals surface area contributed by atoms with Crippen LogP contribution in [0, 0.1) is 0 Å². The van der Waals surface area contributed by atoms with Gasteiger partial charge in [0.25, 0.3) is 0 Å². The van der Waals surface area contributed by atoms with E-state index in [1.165, 1.54) is 0 Å². The van der Waals surface area contributed by atoms with Crippen molar-refractivity contribution in [2.45, 2.75) is 12.6 Å². The summed E-state index contributed by atoms with van der Waals surface area (Å²) in [6.07, 6.45) is 1.69. The van der Waals surface area contributed by atoms with E-state index < -0.39 is 0 Å². The fraction of sp³-hybridized carbons (Fsp3) is 0.389. The number of benzene rings is 1. The van der Waals surface area contributed by atoms with Crippen LogP contribution in [0.25, 0.3) is 0 Å². The van der Waals surface area contributed by atoms with Crippen molar-refractivity contribution in [3.8, 4) is 0 Å². The van der Waals surface area contributed by atoms with Gasteiger partial charge in [0.05, 0.1) is 12.3 Å². The van der Waals surface area contributed by atoms with Crippen molar-refractivity contribution in [1.82, 2.24) is 15.5 Å². The molecule has 0 bridgehead atoms. The lowest BCUT2D eigenvalue weighted by Crippen LogP contribution is -2.44. The molecule has 0 spiro atoms. The van der Waals surface area contributed by atoms with Crippen molar-refractivity contribution >= 4 is 17.8 Å². The Labute approximate surface area is 146 Å². The van der Waals surface area contributed by atoms with E-state index >= 15 is 0 Å². The quantitative estimate of drug-likeness (QED) is 0.845. The first-order valence-corrected chi connectivity index (χ1v) is 9.39. The molecule has 2 amide bonds. The summed E-state index contributed by atoms with van der Waals surface area (Å²) in [5.41, 5.74) is 1.09. The number of thioether (sulfide) groups is 1. The number of hydrogen-bond donors (Lipinski definition) is 2. The highest BCUT2D eigenvalue weighted by atomic mass is 32.2. The molecule has 1 saturated heterocycles. The molecule has 1 atom stereocenters. The molecule has 1 aliphatic heterocycles. The highest BCUT2D eigenvalue weighted by molar-refractivity contribution is 7.99. The minimum Gasteiger partial charge on any atom is -0.468 e. The van der Waals surface area contributed by atoms with Gasteiger partial charge in [-0.05, 0) is 17.7 Å². The molecule has 24 heavy (non-hydrogen) atoms. The van der Waals surface area contributed by atoms with Gasteiger partial charge < -0.3 is 15.1 Å². The third-order valence-corrected chi connectivity index (χ3v) is 5.05. The second-order valence-corrected chi connectivity index (χ2v) is 6.95. The second-order valence-electron chi connectivity index (χ2n) is 5.73. The van der Waals surface area contributed by atoms with E-state index in [-0.39, 0.29) is 12.1 Å². The SMILES string of the molecule is O=C(NCc1ccccc1)NCC(c1ccco1)N1CCSCC1. The Morgan fingerprint density at radius 3 is 2.62 bits per heavy atom. The van der Waals surface area contributed by atoms with Crippen molar-refractivity contribution < 1.29 is 9.21 Å². The highest BCUT2D eigenvalue weighted by Gasteiger charge is 2.24. The Morgan fingerprint density at radius 2 is 1.92 bits per heavy atom. The number of carbonyl (C=O) groups excluding carboxylic acids is 1. The summed E-state index contributed by atoms with van der Waals surface area (Å²) in [7, 11) is 0. The van der Waals surface area contributed by atoms with Crippen LogP contribution in [0.4, 0.5) is 4.79 Å². The van der Waals surface area contributed by atoms with Crippen molar-refractivity contribution in [1.29, 1.82) is 0 Å². The molecule has 1 aliphatic rings. The average Bonchev–Trinajstić information content (AvgIpc) is 3.16. The molecule has 128 valence electrons. The smallest absolute Gasteiger partial charge is 0.315 e. The number of urea groups is 1. The largest absolute Gasteiger partial charge is 0.468 e. The topological polar surface area (TPSA) is 57.5 Å². The lowest BCUT2D eigenvalue weighted by Gasteiger charge is -2.33. The standard InChI is InChI=1S/C18H23N3O2S/c22-18(19-13-15-5-2-1-3-6-15)20-14-16(17-7-4-10-23-17)21-8-11-24-12-9-21/h1-7,10,16H,8-9,11-14H2,(H2,19,20,22). The molecular formula is C18H23N3O2S. The van der Waals surface area contributed by atoms with Gasteiger partial charge in [-0.15, -0.1) is 0 Å². The summed E-state index contributed by atoms with van der Waals surface area (Å²) in [4.78, 5) is 14.5. The minimum absolute atomic E-state index is 0.0865. The van der Waals surface area contributed by atoms with Crippen LogP contribution in [0.1, 0.15) is 17.4 Å². The van der Waals surface area contributed by atoms with E-state index in [0.29, 0.717) is 13.1 Å². The molecule has 3 rings (SSSR count). The molecule has 2 heterocycles. The maximum absolute atomic E-state index is 12.1. The first-order chi connectivity index (χ1) is 11.8. The maximum atomic E-state index is 12.1. The molecule has 1 aromatic heterocycles. The van der Waals surface area contributed by atoms with Gasteiger partial charge in [-0.1, -0.05) is 30.3 Å². The number of hydrogen-bond acceptors (Lipinski definition) is 4. The first kappa shape index (κ1) is 16.9. The van der Waals surface area contributed by atoms with E-state index in [1.807, 2.05) is 54.2 Å². The molecule has 2 N–H and O–H groups in total. The first-order valence-electron chi connectivity index (χ1n) is 8.24. The van der Waals surface area contributed by atoms with E-state index in [4.69, 9.17) is 4.42 Å². The van der Waals surface area contributed by atoms with E-state index in [0.717, 1.165) is 35.9 Å². The Balaban J connectivity index is 1.52. The van der Waals surface area contributed by atoms with E-state index in [2.05, 4.69) is 15.5 Å². The molecule has 6 heteroatoms. The molecule has 0 radical (unpaired) electrons. The lowest BCUT2D eigenvalue weighted by atomic mass is 10.2. The Hall–Kier alpha value is -1.92. The molecular weight excluding hydrogens is 322 g/mol. The van der Waals surface area contributed by atoms with Gasteiger partial charge in [0.2, 0.25) is 0 Å². The molecule has 1 fully saturated rings. The number of furan rings is 1. The third-order valence-electron chi connectivity index (χ3n) is 4.11. The normalized spacial score (nSPS) is 16.5.